The summed E-state index contributed by atoms with van der Waals surface area (Å²) in [5.74, 6) is -1.03. The van der Waals surface area contributed by atoms with E-state index in [1.165, 1.54) is 0 Å². The van der Waals surface area contributed by atoms with Gasteiger partial charge in [-0.2, -0.15) is 0 Å². The molecule has 1 fully saturated rings. The molecule has 0 saturated heterocycles. The summed E-state index contributed by atoms with van der Waals surface area (Å²) in [5, 5.41) is 6.28. The molecular formula is C17H15Cl2N3O2. The Morgan fingerprint density at radius 2 is 1.67 bits per heavy atom. The Kier molecular flexibility index (Phi) is 5.02. The summed E-state index contributed by atoms with van der Waals surface area (Å²) in [6, 6.07) is 8.66. The van der Waals surface area contributed by atoms with Crippen LogP contribution >= 0.6 is 23.2 Å². The molecule has 1 aromatic heterocycles. The third kappa shape index (κ3) is 3.86. The molecule has 24 heavy (non-hydrogen) atoms. The van der Waals surface area contributed by atoms with Crippen molar-refractivity contribution in [3.63, 3.8) is 0 Å². The predicted molar refractivity (Wildman–Crippen MR) is 92.8 cm³/mol. The fraction of sp³-hybridized carbons (Fsp3) is 0.235. The lowest BCUT2D eigenvalue weighted by atomic mass is 10.2. The highest BCUT2D eigenvalue weighted by molar-refractivity contribution is 6.39. The van der Waals surface area contributed by atoms with Crippen LogP contribution in [0.3, 0.4) is 0 Å². The highest BCUT2D eigenvalue weighted by atomic mass is 35.5. The molecule has 1 aromatic carbocycles. The monoisotopic (exact) mass is 363 g/mol. The Morgan fingerprint density at radius 1 is 1.04 bits per heavy atom. The summed E-state index contributed by atoms with van der Waals surface area (Å²) in [7, 11) is 0. The zero-order valence-electron chi connectivity index (χ0n) is 12.6. The predicted octanol–water partition coefficient (Wildman–Crippen LogP) is 3.28. The first-order valence-corrected chi connectivity index (χ1v) is 8.23. The van der Waals surface area contributed by atoms with Crippen LogP contribution in [-0.4, -0.2) is 16.8 Å². The van der Waals surface area contributed by atoms with Crippen LogP contribution in [0, 0.1) is 11.8 Å². The molecule has 7 heteroatoms. The number of benzene rings is 1. The van der Waals surface area contributed by atoms with E-state index in [9.17, 15) is 9.59 Å². The van der Waals surface area contributed by atoms with Crippen LogP contribution in [0.5, 0.6) is 0 Å². The number of nitrogens with zero attached hydrogens (tertiary/aromatic N) is 1. The lowest BCUT2D eigenvalue weighted by Gasteiger charge is -2.09. The Morgan fingerprint density at radius 3 is 2.33 bits per heavy atom. The molecule has 1 saturated carbocycles. The molecular weight excluding hydrogens is 349 g/mol. The van der Waals surface area contributed by atoms with Gasteiger partial charge in [0.25, 0.3) is 0 Å². The molecule has 3 rings (SSSR count). The number of amides is 2. The van der Waals surface area contributed by atoms with Crippen LogP contribution in [-0.2, 0) is 16.1 Å². The number of carbonyl (C=O) groups excluding carboxylic acids is 2. The number of anilines is 1. The summed E-state index contributed by atoms with van der Waals surface area (Å²) < 4.78 is 0. The van der Waals surface area contributed by atoms with Gasteiger partial charge in [0.2, 0.25) is 11.8 Å². The van der Waals surface area contributed by atoms with Crippen LogP contribution in [0.1, 0.15) is 12.0 Å². The zero-order chi connectivity index (χ0) is 17.1. The number of halogens is 2. The molecule has 5 nitrogen and oxygen atoms in total. The third-order valence-corrected chi connectivity index (χ3v) is 4.52. The van der Waals surface area contributed by atoms with Crippen LogP contribution in [0.2, 0.25) is 10.0 Å². The average Bonchev–Trinajstić information content (AvgIpc) is 3.38. The van der Waals surface area contributed by atoms with E-state index >= 15 is 0 Å². The number of para-hydroxylation sites is 1. The fourth-order valence-electron chi connectivity index (χ4n) is 2.43. The molecule has 0 radical (unpaired) electrons. The number of hydrogen-bond donors (Lipinski definition) is 2. The first-order chi connectivity index (χ1) is 11.6. The lowest BCUT2D eigenvalue weighted by Crippen LogP contribution is -2.27. The van der Waals surface area contributed by atoms with Crippen molar-refractivity contribution >= 4 is 40.7 Å². The zero-order valence-corrected chi connectivity index (χ0v) is 14.1. The van der Waals surface area contributed by atoms with Gasteiger partial charge < -0.3 is 10.6 Å². The van der Waals surface area contributed by atoms with E-state index in [0.717, 1.165) is 5.56 Å². The van der Waals surface area contributed by atoms with Crippen molar-refractivity contribution < 1.29 is 9.59 Å². The first-order valence-electron chi connectivity index (χ1n) is 7.47. The minimum atomic E-state index is -0.352. The molecule has 2 N–H and O–H groups in total. The van der Waals surface area contributed by atoms with Crippen molar-refractivity contribution in [2.24, 2.45) is 11.8 Å². The highest BCUT2D eigenvalue weighted by Gasteiger charge is 2.48. The maximum Gasteiger partial charge on any atom is 0.228 e. The minimum absolute atomic E-state index is 0.128. The van der Waals surface area contributed by atoms with Gasteiger partial charge in [0.1, 0.15) is 0 Å². The smallest absolute Gasteiger partial charge is 0.228 e. The Labute approximate surface area is 149 Å². The number of carbonyl (C=O) groups is 2. The van der Waals surface area contributed by atoms with Gasteiger partial charge in [-0.25, -0.2) is 0 Å². The van der Waals surface area contributed by atoms with Gasteiger partial charge in [-0.3, -0.25) is 14.6 Å². The standard InChI is InChI=1S/C17H15Cl2N3O2/c18-13-2-1-3-14(19)15(13)22-17(24)12-8-11(12)16(23)21-9-10-4-6-20-7-5-10/h1-7,11-12H,8-9H2,(H,21,23)(H,22,24). The summed E-state index contributed by atoms with van der Waals surface area (Å²) in [6.45, 7) is 0.419. The minimum Gasteiger partial charge on any atom is -0.352 e. The van der Waals surface area contributed by atoms with E-state index in [1.807, 2.05) is 12.1 Å². The van der Waals surface area contributed by atoms with Crippen molar-refractivity contribution in [2.45, 2.75) is 13.0 Å². The van der Waals surface area contributed by atoms with E-state index in [0.29, 0.717) is 28.7 Å². The van der Waals surface area contributed by atoms with Gasteiger partial charge in [0.15, 0.2) is 0 Å². The van der Waals surface area contributed by atoms with Crippen molar-refractivity contribution in [3.05, 3.63) is 58.3 Å². The highest BCUT2D eigenvalue weighted by Crippen LogP contribution is 2.40. The summed E-state index contributed by atoms with van der Waals surface area (Å²) >= 11 is 12.1. The van der Waals surface area contributed by atoms with Gasteiger partial charge in [-0.05, 0) is 36.2 Å². The van der Waals surface area contributed by atoms with Gasteiger partial charge in [0.05, 0.1) is 27.6 Å². The van der Waals surface area contributed by atoms with Gasteiger partial charge in [-0.1, -0.05) is 29.3 Å². The van der Waals surface area contributed by atoms with Gasteiger partial charge >= 0.3 is 0 Å². The fourth-order valence-corrected chi connectivity index (χ4v) is 2.92. The van der Waals surface area contributed by atoms with Crippen LogP contribution in [0.25, 0.3) is 0 Å². The number of pyridine rings is 1. The molecule has 2 atom stereocenters. The molecule has 1 aliphatic rings. The average molecular weight is 364 g/mol. The molecule has 2 aromatic rings. The Hall–Kier alpha value is -2.11. The second-order valence-electron chi connectivity index (χ2n) is 5.61. The largest absolute Gasteiger partial charge is 0.352 e. The molecule has 124 valence electrons. The Balaban J connectivity index is 1.53. The Bertz CT molecular complexity index is 747. The molecule has 0 aliphatic heterocycles. The third-order valence-electron chi connectivity index (χ3n) is 3.89. The number of rotatable bonds is 5. The first kappa shape index (κ1) is 16.7. The summed E-state index contributed by atoms with van der Waals surface area (Å²) in [6.07, 6.45) is 3.86. The van der Waals surface area contributed by atoms with E-state index in [2.05, 4.69) is 15.6 Å². The van der Waals surface area contributed by atoms with Gasteiger partial charge in [-0.15, -0.1) is 0 Å². The maximum absolute atomic E-state index is 12.3. The van der Waals surface area contributed by atoms with Crippen molar-refractivity contribution in [1.82, 2.24) is 10.3 Å². The van der Waals surface area contributed by atoms with Crippen molar-refractivity contribution in [3.8, 4) is 0 Å². The van der Waals surface area contributed by atoms with Gasteiger partial charge in [0, 0.05) is 18.9 Å². The maximum atomic E-state index is 12.3. The molecule has 0 spiro atoms. The normalized spacial score (nSPS) is 18.8. The second-order valence-corrected chi connectivity index (χ2v) is 6.42. The van der Waals surface area contributed by atoms with E-state index < -0.39 is 0 Å². The molecule has 1 heterocycles. The number of nitrogens with one attached hydrogen (secondary N) is 2. The topological polar surface area (TPSA) is 71.1 Å². The molecule has 2 amide bonds. The SMILES string of the molecule is O=C(NCc1ccncc1)C1CC1C(=O)Nc1c(Cl)cccc1Cl. The van der Waals surface area contributed by atoms with Crippen molar-refractivity contribution in [2.75, 3.05) is 5.32 Å². The quantitative estimate of drug-likeness (QED) is 0.855. The van der Waals surface area contributed by atoms with E-state index in [4.69, 9.17) is 23.2 Å². The summed E-state index contributed by atoms with van der Waals surface area (Å²) in [5.41, 5.74) is 1.34. The summed E-state index contributed by atoms with van der Waals surface area (Å²) in [4.78, 5) is 28.3. The van der Waals surface area contributed by atoms with Crippen LogP contribution in [0.15, 0.2) is 42.7 Å². The van der Waals surface area contributed by atoms with Crippen LogP contribution in [0.4, 0.5) is 5.69 Å². The number of hydrogen-bond acceptors (Lipinski definition) is 3. The van der Waals surface area contributed by atoms with E-state index in [-0.39, 0.29) is 23.7 Å². The van der Waals surface area contributed by atoms with Crippen molar-refractivity contribution in [1.29, 1.82) is 0 Å². The lowest BCUT2D eigenvalue weighted by molar-refractivity contribution is -0.125. The van der Waals surface area contributed by atoms with E-state index in [1.54, 1.807) is 30.6 Å². The molecule has 0 bridgehead atoms. The second kappa shape index (κ2) is 7.20. The molecule has 1 aliphatic carbocycles. The molecule has 2 unspecified atom stereocenters. The van der Waals surface area contributed by atoms with Crippen LogP contribution < -0.4 is 10.6 Å². The number of aromatic nitrogens is 1.